The maximum absolute atomic E-state index is 12.6. The first kappa shape index (κ1) is 23.2. The average Bonchev–Trinajstić information content (AvgIpc) is 2.73. The van der Waals surface area contributed by atoms with Crippen molar-refractivity contribution in [3.05, 3.63) is 29.8 Å². The van der Waals surface area contributed by atoms with E-state index in [0.29, 0.717) is 31.1 Å². The van der Waals surface area contributed by atoms with Crippen LogP contribution < -0.4 is 10.6 Å². The highest BCUT2D eigenvalue weighted by Crippen LogP contribution is 2.22. The average molecular weight is 424 g/mol. The van der Waals surface area contributed by atoms with Crippen LogP contribution in [0.15, 0.2) is 24.3 Å². The van der Waals surface area contributed by atoms with Gasteiger partial charge in [0.25, 0.3) is 0 Å². The first-order chi connectivity index (χ1) is 13.5. The first-order valence-corrected chi connectivity index (χ1v) is 10.2. The zero-order valence-electron chi connectivity index (χ0n) is 16.6. The monoisotopic (exact) mass is 423 g/mol. The Morgan fingerprint density at radius 3 is 2.66 bits per heavy atom. The number of carboxylic acid groups (broad SMARTS) is 1. The van der Waals surface area contributed by atoms with Gasteiger partial charge in [0.1, 0.15) is 0 Å². The zero-order chi connectivity index (χ0) is 19.9. The Bertz CT molecular complexity index is 722. The number of likely N-dealkylation sites (tertiary alicyclic amines) is 1. The molecule has 1 atom stereocenters. The summed E-state index contributed by atoms with van der Waals surface area (Å²) in [5.74, 6) is -0.678. The van der Waals surface area contributed by atoms with Gasteiger partial charge in [0.15, 0.2) is 0 Å². The summed E-state index contributed by atoms with van der Waals surface area (Å²) in [5.41, 5.74) is 0.607. The fourth-order valence-corrected chi connectivity index (χ4v) is 4.05. The number of hydrogen-bond donors (Lipinski definition) is 3. The molecule has 0 saturated carbocycles. The molecule has 7 nitrogen and oxygen atoms in total. The summed E-state index contributed by atoms with van der Waals surface area (Å²) >= 11 is 0. The number of carboxylic acids is 1. The van der Waals surface area contributed by atoms with Crippen LogP contribution in [0.5, 0.6) is 0 Å². The van der Waals surface area contributed by atoms with Gasteiger partial charge in [-0.25, -0.2) is 4.79 Å². The quantitative estimate of drug-likeness (QED) is 0.653. The van der Waals surface area contributed by atoms with Crippen molar-refractivity contribution in [3.63, 3.8) is 0 Å². The van der Waals surface area contributed by atoms with Gasteiger partial charge in [-0.05, 0) is 69.3 Å². The molecular formula is C21H30ClN3O4. The summed E-state index contributed by atoms with van der Waals surface area (Å²) in [6, 6.07) is 6.22. The largest absolute Gasteiger partial charge is 0.478 e. The fourth-order valence-electron chi connectivity index (χ4n) is 4.05. The molecule has 2 aliphatic rings. The van der Waals surface area contributed by atoms with Crippen LogP contribution in [-0.2, 0) is 9.59 Å². The number of piperidine rings is 2. The molecule has 0 radical (unpaired) electrons. The van der Waals surface area contributed by atoms with Crippen molar-refractivity contribution in [1.82, 2.24) is 10.2 Å². The van der Waals surface area contributed by atoms with E-state index in [1.807, 2.05) is 4.90 Å². The van der Waals surface area contributed by atoms with Gasteiger partial charge in [-0.3, -0.25) is 9.59 Å². The lowest BCUT2D eigenvalue weighted by atomic mass is 9.92. The Labute approximate surface area is 177 Å². The highest BCUT2D eigenvalue weighted by Gasteiger charge is 2.28. The number of benzene rings is 1. The Balaban J connectivity index is 0.00000300. The Morgan fingerprint density at radius 1 is 1.17 bits per heavy atom. The van der Waals surface area contributed by atoms with E-state index in [1.54, 1.807) is 12.1 Å². The van der Waals surface area contributed by atoms with Crippen molar-refractivity contribution in [2.75, 3.05) is 31.5 Å². The van der Waals surface area contributed by atoms with Crippen molar-refractivity contribution in [3.8, 4) is 0 Å². The summed E-state index contributed by atoms with van der Waals surface area (Å²) in [7, 11) is 0. The van der Waals surface area contributed by atoms with Crippen LogP contribution in [0.25, 0.3) is 0 Å². The number of hydrogen-bond acceptors (Lipinski definition) is 4. The fraction of sp³-hybridized carbons (Fsp3) is 0.571. The molecule has 160 valence electrons. The van der Waals surface area contributed by atoms with Crippen LogP contribution in [0, 0.1) is 11.8 Å². The molecule has 2 fully saturated rings. The molecule has 3 N–H and O–H groups in total. The topological polar surface area (TPSA) is 98.7 Å². The molecular weight excluding hydrogens is 394 g/mol. The van der Waals surface area contributed by atoms with Crippen LogP contribution in [0.2, 0.25) is 0 Å². The molecule has 29 heavy (non-hydrogen) atoms. The van der Waals surface area contributed by atoms with Crippen LogP contribution in [0.1, 0.15) is 48.9 Å². The van der Waals surface area contributed by atoms with E-state index in [9.17, 15) is 14.4 Å². The van der Waals surface area contributed by atoms with E-state index in [-0.39, 0.29) is 35.7 Å². The van der Waals surface area contributed by atoms with Gasteiger partial charge < -0.3 is 20.6 Å². The highest BCUT2D eigenvalue weighted by molar-refractivity contribution is 5.95. The van der Waals surface area contributed by atoms with E-state index >= 15 is 0 Å². The van der Waals surface area contributed by atoms with Crippen LogP contribution in [-0.4, -0.2) is 54.0 Å². The molecule has 1 aromatic carbocycles. The predicted molar refractivity (Wildman–Crippen MR) is 113 cm³/mol. The maximum atomic E-state index is 12.6. The van der Waals surface area contributed by atoms with Gasteiger partial charge in [0.2, 0.25) is 11.8 Å². The standard InChI is InChI=1S/C21H29N3O4.ClH/c25-19(7-6-15-8-10-22-11-9-15)24-12-2-4-17(14-24)20(26)23-18-5-1-3-16(13-18)21(27)28;/h1,3,5,13,15,17,22H,2,4,6-12,14H2,(H,23,26)(H,27,28);1H. The van der Waals surface area contributed by atoms with Crippen molar-refractivity contribution in [2.24, 2.45) is 11.8 Å². The SMILES string of the molecule is Cl.O=C(O)c1cccc(NC(=O)C2CCCN(C(=O)CCC3CCNCC3)C2)c1. The van der Waals surface area contributed by atoms with E-state index in [0.717, 1.165) is 45.2 Å². The Kier molecular flexibility index (Phi) is 8.92. The summed E-state index contributed by atoms with van der Waals surface area (Å²) < 4.78 is 0. The van der Waals surface area contributed by atoms with Crippen molar-refractivity contribution >= 4 is 35.9 Å². The molecule has 0 bridgehead atoms. The lowest BCUT2D eigenvalue weighted by molar-refractivity contribution is -0.134. The zero-order valence-corrected chi connectivity index (χ0v) is 17.4. The summed E-state index contributed by atoms with van der Waals surface area (Å²) in [6.07, 6.45) is 5.30. The van der Waals surface area contributed by atoms with Gasteiger partial charge in [-0.2, -0.15) is 0 Å². The first-order valence-electron chi connectivity index (χ1n) is 10.2. The minimum absolute atomic E-state index is 0. The molecule has 8 heteroatoms. The number of anilines is 1. The molecule has 2 aliphatic heterocycles. The Morgan fingerprint density at radius 2 is 1.93 bits per heavy atom. The van der Waals surface area contributed by atoms with Crippen LogP contribution >= 0.6 is 12.4 Å². The summed E-state index contributed by atoms with van der Waals surface area (Å²) in [5, 5.41) is 15.2. The number of carbonyl (C=O) groups excluding carboxylic acids is 2. The van der Waals surface area contributed by atoms with Crippen molar-refractivity contribution in [2.45, 2.75) is 38.5 Å². The van der Waals surface area contributed by atoms with E-state index in [4.69, 9.17) is 5.11 Å². The molecule has 1 aromatic rings. The molecule has 0 spiro atoms. The van der Waals surface area contributed by atoms with E-state index < -0.39 is 5.97 Å². The minimum atomic E-state index is -1.03. The number of nitrogens with zero attached hydrogens (tertiary/aromatic N) is 1. The van der Waals surface area contributed by atoms with E-state index in [2.05, 4.69) is 10.6 Å². The van der Waals surface area contributed by atoms with Gasteiger partial charge in [0, 0.05) is 25.2 Å². The molecule has 0 aromatic heterocycles. The van der Waals surface area contributed by atoms with Crippen molar-refractivity contribution < 1.29 is 19.5 Å². The van der Waals surface area contributed by atoms with Crippen LogP contribution in [0.4, 0.5) is 5.69 Å². The number of rotatable bonds is 6. The van der Waals surface area contributed by atoms with Gasteiger partial charge in [-0.15, -0.1) is 12.4 Å². The third-order valence-electron chi connectivity index (χ3n) is 5.75. The summed E-state index contributed by atoms with van der Waals surface area (Å²) in [4.78, 5) is 38.1. The Hall–Kier alpha value is -2.12. The molecule has 1 unspecified atom stereocenters. The lowest BCUT2D eigenvalue weighted by Crippen LogP contribution is -2.44. The molecule has 2 heterocycles. The minimum Gasteiger partial charge on any atom is -0.478 e. The highest BCUT2D eigenvalue weighted by atomic mass is 35.5. The molecule has 3 rings (SSSR count). The van der Waals surface area contributed by atoms with Gasteiger partial charge in [0.05, 0.1) is 11.5 Å². The maximum Gasteiger partial charge on any atom is 0.335 e. The van der Waals surface area contributed by atoms with Crippen molar-refractivity contribution in [1.29, 1.82) is 0 Å². The normalized spacial score (nSPS) is 19.9. The third kappa shape index (κ3) is 6.72. The number of amides is 2. The number of carbonyl (C=O) groups is 3. The van der Waals surface area contributed by atoms with E-state index in [1.165, 1.54) is 12.1 Å². The predicted octanol–water partition coefficient (Wildman–Crippen LogP) is 2.76. The summed E-state index contributed by atoms with van der Waals surface area (Å²) in [6.45, 7) is 3.22. The second-order valence-corrected chi connectivity index (χ2v) is 7.79. The second-order valence-electron chi connectivity index (χ2n) is 7.79. The number of nitrogens with one attached hydrogen (secondary N) is 2. The molecule has 2 saturated heterocycles. The number of halogens is 1. The third-order valence-corrected chi connectivity index (χ3v) is 5.75. The van der Waals surface area contributed by atoms with Gasteiger partial charge in [-0.1, -0.05) is 6.07 Å². The second kappa shape index (κ2) is 11.2. The molecule has 2 amide bonds. The molecule has 0 aliphatic carbocycles. The number of aromatic carboxylic acids is 1. The lowest BCUT2D eigenvalue weighted by Gasteiger charge is -2.32. The van der Waals surface area contributed by atoms with Gasteiger partial charge >= 0.3 is 5.97 Å². The van der Waals surface area contributed by atoms with Crippen LogP contribution in [0.3, 0.4) is 0 Å². The smallest absolute Gasteiger partial charge is 0.335 e.